The van der Waals surface area contributed by atoms with E-state index in [0.29, 0.717) is 17.8 Å². The second-order valence-electron chi connectivity index (χ2n) is 6.65. The van der Waals surface area contributed by atoms with Crippen molar-refractivity contribution in [1.29, 1.82) is 0 Å². The zero-order valence-corrected chi connectivity index (χ0v) is 12.5. The lowest BCUT2D eigenvalue weighted by Gasteiger charge is -2.23. The van der Waals surface area contributed by atoms with E-state index in [1.165, 1.54) is 32.4 Å². The minimum absolute atomic E-state index is 0.537. The maximum atomic E-state index is 5.98. The second-order valence-corrected chi connectivity index (χ2v) is 6.65. The highest BCUT2D eigenvalue weighted by atomic mass is 16.5. The van der Waals surface area contributed by atoms with E-state index in [0.717, 1.165) is 19.6 Å². The Morgan fingerprint density at radius 3 is 2.70 bits per heavy atom. The van der Waals surface area contributed by atoms with Gasteiger partial charge in [-0.3, -0.25) is 9.80 Å². The summed E-state index contributed by atoms with van der Waals surface area (Å²) in [7, 11) is 0. The van der Waals surface area contributed by atoms with E-state index in [2.05, 4.69) is 19.9 Å². The SMILES string of the molecule is CC(C)(N)c1noc(CN2CCC(N3CCCC3)C2)n1. The van der Waals surface area contributed by atoms with Gasteiger partial charge in [-0.25, -0.2) is 0 Å². The highest BCUT2D eigenvalue weighted by Crippen LogP contribution is 2.22. The molecule has 2 aliphatic rings. The molecule has 0 amide bonds. The average Bonchev–Trinajstić information content (AvgIpc) is 3.08. The molecule has 3 rings (SSSR count). The Kier molecular flexibility index (Phi) is 3.79. The summed E-state index contributed by atoms with van der Waals surface area (Å²) in [4.78, 5) is 9.44. The Labute approximate surface area is 120 Å². The van der Waals surface area contributed by atoms with Crippen molar-refractivity contribution in [2.75, 3.05) is 26.2 Å². The first-order chi connectivity index (χ1) is 9.52. The minimum atomic E-state index is -0.537. The summed E-state index contributed by atoms with van der Waals surface area (Å²) < 4.78 is 5.32. The lowest BCUT2D eigenvalue weighted by Crippen LogP contribution is -2.35. The van der Waals surface area contributed by atoms with E-state index in [4.69, 9.17) is 10.3 Å². The third kappa shape index (κ3) is 3.02. The predicted molar refractivity (Wildman–Crippen MR) is 76.0 cm³/mol. The van der Waals surface area contributed by atoms with Crippen LogP contribution in [0.25, 0.3) is 0 Å². The molecule has 2 fully saturated rings. The lowest BCUT2D eigenvalue weighted by molar-refractivity contribution is 0.216. The van der Waals surface area contributed by atoms with E-state index < -0.39 is 5.54 Å². The van der Waals surface area contributed by atoms with Gasteiger partial charge in [0.2, 0.25) is 5.89 Å². The molecule has 6 nitrogen and oxygen atoms in total. The molecule has 0 aromatic carbocycles. The lowest BCUT2D eigenvalue weighted by atomic mass is 10.1. The van der Waals surface area contributed by atoms with Crippen LogP contribution in [0.1, 0.15) is 44.8 Å². The first kappa shape index (κ1) is 14.0. The van der Waals surface area contributed by atoms with Crippen LogP contribution in [0.4, 0.5) is 0 Å². The van der Waals surface area contributed by atoms with Crippen LogP contribution in [0.15, 0.2) is 4.52 Å². The monoisotopic (exact) mass is 279 g/mol. The smallest absolute Gasteiger partial charge is 0.240 e. The van der Waals surface area contributed by atoms with Crippen LogP contribution in [0.2, 0.25) is 0 Å². The third-order valence-corrected chi connectivity index (χ3v) is 4.31. The predicted octanol–water partition coefficient (Wildman–Crippen LogP) is 0.934. The third-order valence-electron chi connectivity index (χ3n) is 4.31. The molecule has 2 saturated heterocycles. The maximum absolute atomic E-state index is 5.98. The normalized spacial score (nSPS) is 25.6. The molecule has 0 saturated carbocycles. The molecule has 112 valence electrons. The van der Waals surface area contributed by atoms with Gasteiger partial charge in [0.25, 0.3) is 0 Å². The molecule has 1 aromatic rings. The Morgan fingerprint density at radius 1 is 1.30 bits per heavy atom. The molecule has 2 aliphatic heterocycles. The van der Waals surface area contributed by atoms with Gasteiger partial charge >= 0.3 is 0 Å². The first-order valence-electron chi connectivity index (χ1n) is 7.61. The van der Waals surface area contributed by atoms with Crippen LogP contribution < -0.4 is 5.73 Å². The Bertz CT molecular complexity index is 447. The van der Waals surface area contributed by atoms with E-state index in [9.17, 15) is 0 Å². The van der Waals surface area contributed by atoms with Gasteiger partial charge in [0, 0.05) is 19.1 Å². The summed E-state index contributed by atoms with van der Waals surface area (Å²) in [5, 5.41) is 3.98. The number of hydrogen-bond acceptors (Lipinski definition) is 6. The highest BCUT2D eigenvalue weighted by molar-refractivity contribution is 4.99. The first-order valence-corrected chi connectivity index (χ1v) is 7.61. The largest absolute Gasteiger partial charge is 0.338 e. The summed E-state index contributed by atoms with van der Waals surface area (Å²) in [6.45, 7) is 9.29. The number of rotatable bonds is 4. The molecule has 1 unspecified atom stereocenters. The average molecular weight is 279 g/mol. The van der Waals surface area contributed by atoms with Gasteiger partial charge in [-0.05, 0) is 46.2 Å². The fourth-order valence-electron chi connectivity index (χ4n) is 3.13. The molecule has 3 heterocycles. The van der Waals surface area contributed by atoms with Crippen LogP contribution in [0, 0.1) is 0 Å². The van der Waals surface area contributed by atoms with Gasteiger partial charge in [-0.15, -0.1) is 0 Å². The molecular weight excluding hydrogens is 254 g/mol. The second kappa shape index (κ2) is 5.42. The molecular formula is C14H25N5O. The summed E-state index contributed by atoms with van der Waals surface area (Å²) in [5.74, 6) is 1.27. The Balaban J connectivity index is 1.55. The number of likely N-dealkylation sites (tertiary alicyclic amines) is 2. The van der Waals surface area contributed by atoms with Crippen LogP contribution in [0.3, 0.4) is 0 Å². The molecule has 0 aliphatic carbocycles. The van der Waals surface area contributed by atoms with Gasteiger partial charge in [-0.2, -0.15) is 4.98 Å². The molecule has 0 spiro atoms. The van der Waals surface area contributed by atoms with Crippen LogP contribution in [-0.2, 0) is 12.1 Å². The van der Waals surface area contributed by atoms with Crippen molar-refractivity contribution in [3.63, 3.8) is 0 Å². The number of nitrogens with two attached hydrogens (primary N) is 1. The van der Waals surface area contributed by atoms with E-state index in [-0.39, 0.29) is 0 Å². The number of aromatic nitrogens is 2. The van der Waals surface area contributed by atoms with Gasteiger partial charge in [0.05, 0.1) is 12.1 Å². The summed E-state index contributed by atoms with van der Waals surface area (Å²) in [6, 6.07) is 0.714. The Hall–Kier alpha value is -0.980. The molecule has 6 heteroatoms. The van der Waals surface area contributed by atoms with Gasteiger partial charge in [0.15, 0.2) is 5.82 Å². The summed E-state index contributed by atoms with van der Waals surface area (Å²) in [5.41, 5.74) is 5.44. The van der Waals surface area contributed by atoms with Crippen molar-refractivity contribution in [3.8, 4) is 0 Å². The van der Waals surface area contributed by atoms with Crippen molar-refractivity contribution in [2.24, 2.45) is 5.73 Å². The quantitative estimate of drug-likeness (QED) is 0.884. The van der Waals surface area contributed by atoms with Gasteiger partial charge < -0.3 is 10.3 Å². The Morgan fingerprint density at radius 2 is 2.05 bits per heavy atom. The van der Waals surface area contributed by atoms with Crippen LogP contribution in [-0.4, -0.2) is 52.2 Å². The summed E-state index contributed by atoms with van der Waals surface area (Å²) in [6.07, 6.45) is 3.97. The van der Waals surface area contributed by atoms with Gasteiger partial charge in [0.1, 0.15) is 0 Å². The fraction of sp³-hybridized carbons (Fsp3) is 0.857. The van der Waals surface area contributed by atoms with Crippen molar-refractivity contribution in [2.45, 2.75) is 51.2 Å². The van der Waals surface area contributed by atoms with Gasteiger partial charge in [-0.1, -0.05) is 5.16 Å². The topological polar surface area (TPSA) is 71.4 Å². The zero-order valence-electron chi connectivity index (χ0n) is 12.5. The number of nitrogens with zero attached hydrogens (tertiary/aromatic N) is 4. The molecule has 20 heavy (non-hydrogen) atoms. The minimum Gasteiger partial charge on any atom is -0.338 e. The molecule has 1 atom stereocenters. The molecule has 0 radical (unpaired) electrons. The maximum Gasteiger partial charge on any atom is 0.240 e. The molecule has 1 aromatic heterocycles. The van der Waals surface area contributed by atoms with Crippen molar-refractivity contribution >= 4 is 0 Å². The van der Waals surface area contributed by atoms with E-state index in [1.54, 1.807) is 0 Å². The summed E-state index contributed by atoms with van der Waals surface area (Å²) >= 11 is 0. The van der Waals surface area contributed by atoms with E-state index >= 15 is 0 Å². The van der Waals surface area contributed by atoms with Crippen LogP contribution in [0.5, 0.6) is 0 Å². The number of hydrogen-bond donors (Lipinski definition) is 1. The highest BCUT2D eigenvalue weighted by Gasteiger charge is 2.30. The van der Waals surface area contributed by atoms with E-state index in [1.807, 2.05) is 13.8 Å². The molecule has 0 bridgehead atoms. The van der Waals surface area contributed by atoms with Crippen LogP contribution >= 0.6 is 0 Å². The molecule has 2 N–H and O–H groups in total. The standard InChI is InChI=1S/C14H25N5O/c1-14(2,15)13-16-12(20-17-13)10-18-8-5-11(9-18)19-6-3-4-7-19/h11H,3-10,15H2,1-2H3. The fourth-order valence-corrected chi connectivity index (χ4v) is 3.13. The zero-order chi connectivity index (χ0) is 14.2. The van der Waals surface area contributed by atoms with Crippen molar-refractivity contribution in [1.82, 2.24) is 19.9 Å². The van der Waals surface area contributed by atoms with Crippen molar-refractivity contribution in [3.05, 3.63) is 11.7 Å². The van der Waals surface area contributed by atoms with Crippen molar-refractivity contribution < 1.29 is 4.52 Å².